The standard InChI is InChI=1S/C15H27N3O2/c19-15(16-5-6-18-7-9-20-10-8-18)14-11-12-3-1-2-4-13(12)17-14/h12-14,17H,1-11H2,(H,16,19). The molecule has 2 aliphatic heterocycles. The van der Waals surface area contributed by atoms with E-state index < -0.39 is 0 Å². The molecule has 3 fully saturated rings. The van der Waals surface area contributed by atoms with Gasteiger partial charge in [-0.15, -0.1) is 0 Å². The monoisotopic (exact) mass is 281 g/mol. The second kappa shape index (κ2) is 6.87. The van der Waals surface area contributed by atoms with Gasteiger partial charge in [-0.25, -0.2) is 0 Å². The number of hydrogen-bond acceptors (Lipinski definition) is 4. The molecule has 1 saturated carbocycles. The van der Waals surface area contributed by atoms with Crippen molar-refractivity contribution in [1.82, 2.24) is 15.5 Å². The Morgan fingerprint density at radius 3 is 2.85 bits per heavy atom. The highest BCUT2D eigenvalue weighted by molar-refractivity contribution is 5.82. The van der Waals surface area contributed by atoms with Crippen molar-refractivity contribution in [2.24, 2.45) is 5.92 Å². The minimum Gasteiger partial charge on any atom is -0.379 e. The fourth-order valence-electron chi connectivity index (χ4n) is 3.81. The van der Waals surface area contributed by atoms with Crippen LogP contribution in [0, 0.1) is 5.92 Å². The zero-order valence-corrected chi connectivity index (χ0v) is 12.3. The summed E-state index contributed by atoms with van der Waals surface area (Å²) in [5.41, 5.74) is 0. The zero-order valence-electron chi connectivity index (χ0n) is 12.3. The molecule has 114 valence electrons. The van der Waals surface area contributed by atoms with Gasteiger partial charge in [0.25, 0.3) is 0 Å². The average Bonchev–Trinajstić information content (AvgIpc) is 2.92. The van der Waals surface area contributed by atoms with E-state index >= 15 is 0 Å². The quantitative estimate of drug-likeness (QED) is 0.781. The van der Waals surface area contributed by atoms with E-state index in [4.69, 9.17) is 4.74 Å². The average molecular weight is 281 g/mol. The first kappa shape index (κ1) is 14.3. The molecule has 0 aromatic carbocycles. The smallest absolute Gasteiger partial charge is 0.237 e. The predicted octanol–water partition coefficient (Wildman–Crippen LogP) is 0.356. The Balaban J connectivity index is 1.36. The lowest BCUT2D eigenvalue weighted by atomic mass is 9.85. The largest absolute Gasteiger partial charge is 0.379 e. The van der Waals surface area contributed by atoms with E-state index in [0.29, 0.717) is 6.04 Å². The maximum atomic E-state index is 12.2. The summed E-state index contributed by atoms with van der Waals surface area (Å²) in [5, 5.41) is 6.63. The third-order valence-electron chi connectivity index (χ3n) is 5.01. The van der Waals surface area contributed by atoms with Crippen molar-refractivity contribution in [2.75, 3.05) is 39.4 Å². The Kier molecular flexibility index (Phi) is 4.91. The van der Waals surface area contributed by atoms with Crippen LogP contribution in [0.4, 0.5) is 0 Å². The predicted molar refractivity (Wildman–Crippen MR) is 77.6 cm³/mol. The number of hydrogen-bond donors (Lipinski definition) is 2. The van der Waals surface area contributed by atoms with Crippen LogP contribution in [0.5, 0.6) is 0 Å². The van der Waals surface area contributed by atoms with E-state index in [9.17, 15) is 4.79 Å². The highest BCUT2D eigenvalue weighted by atomic mass is 16.5. The Bertz CT molecular complexity index is 317. The Hall–Kier alpha value is -0.650. The molecule has 5 heteroatoms. The van der Waals surface area contributed by atoms with Crippen molar-refractivity contribution in [1.29, 1.82) is 0 Å². The van der Waals surface area contributed by atoms with Crippen LogP contribution in [0.1, 0.15) is 32.1 Å². The van der Waals surface area contributed by atoms with Gasteiger partial charge in [0.2, 0.25) is 5.91 Å². The molecule has 0 radical (unpaired) electrons. The molecule has 0 aromatic rings. The summed E-state index contributed by atoms with van der Waals surface area (Å²) in [5.74, 6) is 0.936. The van der Waals surface area contributed by atoms with Gasteiger partial charge in [0.1, 0.15) is 0 Å². The van der Waals surface area contributed by atoms with Gasteiger partial charge in [-0.1, -0.05) is 12.8 Å². The second-order valence-corrected chi connectivity index (χ2v) is 6.35. The van der Waals surface area contributed by atoms with Gasteiger partial charge in [0, 0.05) is 32.2 Å². The third-order valence-corrected chi connectivity index (χ3v) is 5.01. The van der Waals surface area contributed by atoms with Crippen LogP contribution in [-0.4, -0.2) is 62.3 Å². The summed E-state index contributed by atoms with van der Waals surface area (Å²) in [4.78, 5) is 14.6. The van der Waals surface area contributed by atoms with Gasteiger partial charge in [-0.05, 0) is 25.2 Å². The van der Waals surface area contributed by atoms with E-state index in [1.807, 2.05) is 0 Å². The minimum atomic E-state index is 0.0489. The first-order chi connectivity index (χ1) is 9.83. The van der Waals surface area contributed by atoms with Gasteiger partial charge in [0.05, 0.1) is 19.3 Å². The van der Waals surface area contributed by atoms with Crippen LogP contribution in [0.3, 0.4) is 0 Å². The van der Waals surface area contributed by atoms with Gasteiger partial charge in [0.15, 0.2) is 0 Å². The molecule has 3 atom stereocenters. The molecule has 1 aliphatic carbocycles. The lowest BCUT2D eigenvalue weighted by molar-refractivity contribution is -0.123. The maximum absolute atomic E-state index is 12.2. The zero-order chi connectivity index (χ0) is 13.8. The molecule has 3 unspecified atom stereocenters. The third kappa shape index (κ3) is 3.51. The van der Waals surface area contributed by atoms with Crippen molar-refractivity contribution in [3.05, 3.63) is 0 Å². The topological polar surface area (TPSA) is 53.6 Å². The van der Waals surface area contributed by atoms with E-state index in [-0.39, 0.29) is 11.9 Å². The van der Waals surface area contributed by atoms with Crippen molar-refractivity contribution in [3.8, 4) is 0 Å². The fourth-order valence-corrected chi connectivity index (χ4v) is 3.81. The van der Waals surface area contributed by atoms with Crippen molar-refractivity contribution in [3.63, 3.8) is 0 Å². The molecular formula is C15H27N3O2. The number of morpholine rings is 1. The number of rotatable bonds is 4. The molecule has 0 aromatic heterocycles. The van der Waals surface area contributed by atoms with E-state index in [1.165, 1.54) is 25.7 Å². The molecule has 1 amide bonds. The second-order valence-electron chi connectivity index (χ2n) is 6.35. The normalized spacial score (nSPS) is 34.7. The number of carbonyl (C=O) groups is 1. The maximum Gasteiger partial charge on any atom is 0.237 e. The summed E-state index contributed by atoms with van der Waals surface area (Å²) >= 11 is 0. The highest BCUT2D eigenvalue weighted by Gasteiger charge is 2.37. The molecule has 3 rings (SSSR count). The van der Waals surface area contributed by atoms with E-state index in [0.717, 1.165) is 51.7 Å². The minimum absolute atomic E-state index is 0.0489. The molecule has 2 N–H and O–H groups in total. The van der Waals surface area contributed by atoms with Crippen molar-refractivity contribution in [2.45, 2.75) is 44.2 Å². The Morgan fingerprint density at radius 2 is 2.05 bits per heavy atom. The lowest BCUT2D eigenvalue weighted by Crippen LogP contribution is -2.46. The van der Waals surface area contributed by atoms with Crippen LogP contribution < -0.4 is 10.6 Å². The van der Waals surface area contributed by atoms with Crippen LogP contribution in [0.25, 0.3) is 0 Å². The summed E-state index contributed by atoms with van der Waals surface area (Å²) in [7, 11) is 0. The fraction of sp³-hybridized carbons (Fsp3) is 0.933. The Labute approximate surface area is 121 Å². The first-order valence-corrected chi connectivity index (χ1v) is 8.17. The first-order valence-electron chi connectivity index (χ1n) is 8.17. The summed E-state index contributed by atoms with van der Waals surface area (Å²) in [6.45, 7) is 5.31. The van der Waals surface area contributed by atoms with E-state index in [1.54, 1.807) is 0 Å². The number of carbonyl (C=O) groups excluding carboxylic acids is 1. The van der Waals surface area contributed by atoms with E-state index in [2.05, 4.69) is 15.5 Å². The number of amides is 1. The summed E-state index contributed by atoms with van der Waals surface area (Å²) in [6, 6.07) is 0.645. The van der Waals surface area contributed by atoms with Crippen LogP contribution in [0.15, 0.2) is 0 Å². The number of ether oxygens (including phenoxy) is 1. The van der Waals surface area contributed by atoms with Crippen molar-refractivity contribution >= 4 is 5.91 Å². The number of nitrogens with one attached hydrogen (secondary N) is 2. The molecule has 0 spiro atoms. The SMILES string of the molecule is O=C(NCCN1CCOCC1)C1CC2CCCCC2N1. The van der Waals surface area contributed by atoms with Gasteiger partial charge >= 0.3 is 0 Å². The van der Waals surface area contributed by atoms with Crippen LogP contribution >= 0.6 is 0 Å². The number of nitrogens with zero attached hydrogens (tertiary/aromatic N) is 1. The molecule has 3 aliphatic rings. The molecular weight excluding hydrogens is 254 g/mol. The molecule has 2 saturated heterocycles. The highest BCUT2D eigenvalue weighted by Crippen LogP contribution is 2.33. The van der Waals surface area contributed by atoms with Crippen molar-refractivity contribution < 1.29 is 9.53 Å². The number of fused-ring (bicyclic) bond motifs is 1. The summed E-state index contributed by atoms with van der Waals surface area (Å²) < 4.78 is 5.32. The van der Waals surface area contributed by atoms with Crippen LogP contribution in [0.2, 0.25) is 0 Å². The van der Waals surface area contributed by atoms with Gasteiger partial charge < -0.3 is 15.4 Å². The van der Waals surface area contributed by atoms with Crippen LogP contribution in [-0.2, 0) is 9.53 Å². The van der Waals surface area contributed by atoms with Gasteiger partial charge in [-0.3, -0.25) is 9.69 Å². The summed E-state index contributed by atoms with van der Waals surface area (Å²) in [6.07, 6.45) is 6.25. The Morgan fingerprint density at radius 1 is 1.25 bits per heavy atom. The molecule has 2 heterocycles. The van der Waals surface area contributed by atoms with Gasteiger partial charge in [-0.2, -0.15) is 0 Å². The lowest BCUT2D eigenvalue weighted by Gasteiger charge is -2.26. The molecule has 5 nitrogen and oxygen atoms in total. The molecule has 20 heavy (non-hydrogen) atoms. The molecule has 0 bridgehead atoms.